The molecule has 0 aliphatic heterocycles. The molecule has 0 amide bonds. The molecule has 0 bridgehead atoms. The molecule has 6 heteroatoms. The van der Waals surface area contributed by atoms with Crippen molar-refractivity contribution in [2.45, 2.75) is 39.3 Å². The number of hydrogen-bond donors (Lipinski definition) is 1. The van der Waals surface area contributed by atoms with Crippen LogP contribution in [-0.2, 0) is 13.2 Å². The lowest BCUT2D eigenvalue weighted by Crippen LogP contribution is -2.20. The van der Waals surface area contributed by atoms with Crippen LogP contribution in [0.4, 0.5) is 0 Å². The van der Waals surface area contributed by atoms with Crippen LogP contribution in [0.1, 0.15) is 31.9 Å². The number of aryl methyl sites for hydroxylation is 1. The van der Waals surface area contributed by atoms with Gasteiger partial charge in [-0.3, -0.25) is 9.20 Å². The molecule has 126 valence electrons. The van der Waals surface area contributed by atoms with Gasteiger partial charge in [-0.25, -0.2) is 4.98 Å². The average molecular weight is 346 g/mol. The average Bonchev–Trinajstić information content (AvgIpc) is 3.03. The number of aliphatic hydroxyl groups excluding tert-OH is 1. The molecule has 0 saturated carbocycles. The Balaban J connectivity index is 2.12. The van der Waals surface area contributed by atoms with Crippen molar-refractivity contribution in [3.8, 4) is 11.3 Å². The van der Waals surface area contributed by atoms with E-state index in [1.54, 1.807) is 18.3 Å². The SMILES string of the molecule is CCCCCn1c(CO)cc(=O)n2cc(-c3ccc(Cl)cc3)nc12. The Labute approximate surface area is 145 Å². The molecule has 1 N–H and O–H groups in total. The first-order valence-corrected chi connectivity index (χ1v) is 8.50. The maximum Gasteiger partial charge on any atom is 0.259 e. The first-order chi connectivity index (χ1) is 11.6. The highest BCUT2D eigenvalue weighted by molar-refractivity contribution is 6.30. The lowest BCUT2D eigenvalue weighted by atomic mass is 10.2. The zero-order chi connectivity index (χ0) is 17.1. The van der Waals surface area contributed by atoms with E-state index in [4.69, 9.17) is 11.6 Å². The van der Waals surface area contributed by atoms with E-state index in [0.29, 0.717) is 22.2 Å². The lowest BCUT2D eigenvalue weighted by molar-refractivity contribution is 0.269. The van der Waals surface area contributed by atoms with Crippen molar-refractivity contribution in [2.75, 3.05) is 0 Å². The Morgan fingerprint density at radius 2 is 1.96 bits per heavy atom. The summed E-state index contributed by atoms with van der Waals surface area (Å²) in [5.74, 6) is 0.563. The molecular weight excluding hydrogens is 326 g/mol. The number of halogens is 1. The minimum atomic E-state index is -0.187. The first kappa shape index (κ1) is 16.7. The lowest BCUT2D eigenvalue weighted by Gasteiger charge is -2.12. The van der Waals surface area contributed by atoms with Crippen LogP contribution in [0.3, 0.4) is 0 Å². The number of rotatable bonds is 6. The summed E-state index contributed by atoms with van der Waals surface area (Å²) in [6.07, 6.45) is 4.91. The number of nitrogens with zero attached hydrogens (tertiary/aromatic N) is 3. The summed E-state index contributed by atoms with van der Waals surface area (Å²) in [5.41, 5.74) is 2.02. The molecule has 24 heavy (non-hydrogen) atoms. The molecule has 0 aliphatic carbocycles. The Morgan fingerprint density at radius 1 is 1.21 bits per heavy atom. The van der Waals surface area contributed by atoms with Crippen LogP contribution in [0.25, 0.3) is 17.0 Å². The fraction of sp³-hybridized carbons (Fsp3) is 0.333. The molecule has 0 spiro atoms. The first-order valence-electron chi connectivity index (χ1n) is 8.12. The molecule has 0 saturated heterocycles. The minimum Gasteiger partial charge on any atom is -0.390 e. The van der Waals surface area contributed by atoms with Gasteiger partial charge in [0.1, 0.15) is 0 Å². The van der Waals surface area contributed by atoms with Gasteiger partial charge in [0.05, 0.1) is 18.0 Å². The monoisotopic (exact) mass is 345 g/mol. The van der Waals surface area contributed by atoms with E-state index >= 15 is 0 Å². The topological polar surface area (TPSA) is 59.5 Å². The second-order valence-corrected chi connectivity index (χ2v) is 6.23. The summed E-state index contributed by atoms with van der Waals surface area (Å²) < 4.78 is 3.46. The molecule has 5 nitrogen and oxygen atoms in total. The number of benzene rings is 1. The highest BCUT2D eigenvalue weighted by Gasteiger charge is 2.13. The summed E-state index contributed by atoms with van der Waals surface area (Å²) >= 11 is 5.93. The van der Waals surface area contributed by atoms with Crippen molar-refractivity contribution in [1.29, 1.82) is 0 Å². The molecular formula is C18H20ClN3O2. The zero-order valence-electron chi connectivity index (χ0n) is 13.6. The number of fused-ring (bicyclic) bond motifs is 1. The van der Waals surface area contributed by atoms with Crippen LogP contribution in [0.15, 0.2) is 41.3 Å². The maximum absolute atomic E-state index is 12.3. The van der Waals surface area contributed by atoms with Crippen molar-refractivity contribution in [3.05, 3.63) is 57.6 Å². The van der Waals surface area contributed by atoms with Gasteiger partial charge < -0.3 is 9.67 Å². The number of imidazole rings is 1. The second-order valence-electron chi connectivity index (χ2n) is 5.79. The van der Waals surface area contributed by atoms with Crippen LogP contribution in [0.5, 0.6) is 0 Å². The predicted molar refractivity (Wildman–Crippen MR) is 95.3 cm³/mol. The third kappa shape index (κ3) is 3.23. The molecule has 0 aliphatic rings. The van der Waals surface area contributed by atoms with E-state index in [1.165, 1.54) is 10.5 Å². The molecule has 2 heterocycles. The van der Waals surface area contributed by atoms with Gasteiger partial charge in [-0.05, 0) is 18.6 Å². The van der Waals surface area contributed by atoms with E-state index in [2.05, 4.69) is 11.9 Å². The molecule has 0 atom stereocenters. The third-order valence-corrected chi connectivity index (χ3v) is 4.34. The van der Waals surface area contributed by atoms with Crippen LogP contribution in [-0.4, -0.2) is 19.1 Å². The van der Waals surface area contributed by atoms with Gasteiger partial charge in [-0.1, -0.05) is 43.5 Å². The van der Waals surface area contributed by atoms with Crippen LogP contribution >= 0.6 is 11.6 Å². The fourth-order valence-electron chi connectivity index (χ4n) is 2.80. The quantitative estimate of drug-likeness (QED) is 0.695. The third-order valence-electron chi connectivity index (χ3n) is 4.09. The van der Waals surface area contributed by atoms with Gasteiger partial charge in [0.2, 0.25) is 5.78 Å². The van der Waals surface area contributed by atoms with Crippen molar-refractivity contribution in [1.82, 2.24) is 14.0 Å². The summed E-state index contributed by atoms with van der Waals surface area (Å²) in [5, 5.41) is 10.3. The Bertz CT molecular complexity index is 897. The Hall–Kier alpha value is -2.11. The fourth-order valence-corrected chi connectivity index (χ4v) is 2.92. The van der Waals surface area contributed by atoms with Crippen molar-refractivity contribution >= 4 is 17.4 Å². The van der Waals surface area contributed by atoms with E-state index in [1.807, 2.05) is 16.7 Å². The molecule has 3 rings (SSSR count). The summed E-state index contributed by atoms with van der Waals surface area (Å²) in [7, 11) is 0. The van der Waals surface area contributed by atoms with Crippen molar-refractivity contribution < 1.29 is 5.11 Å². The number of aromatic nitrogens is 3. The van der Waals surface area contributed by atoms with Gasteiger partial charge in [0, 0.05) is 29.4 Å². The highest BCUT2D eigenvalue weighted by Crippen LogP contribution is 2.21. The van der Waals surface area contributed by atoms with Crippen LogP contribution in [0, 0.1) is 0 Å². The van der Waals surface area contributed by atoms with Crippen molar-refractivity contribution in [2.24, 2.45) is 0 Å². The van der Waals surface area contributed by atoms with Gasteiger partial charge in [-0.15, -0.1) is 0 Å². The Morgan fingerprint density at radius 3 is 2.62 bits per heavy atom. The summed E-state index contributed by atoms with van der Waals surface area (Å²) in [4.78, 5) is 16.9. The van der Waals surface area contributed by atoms with E-state index in [-0.39, 0.29) is 12.2 Å². The van der Waals surface area contributed by atoms with Crippen molar-refractivity contribution in [3.63, 3.8) is 0 Å². The van der Waals surface area contributed by atoms with E-state index < -0.39 is 0 Å². The number of aliphatic hydroxyl groups is 1. The summed E-state index contributed by atoms with van der Waals surface area (Å²) in [6, 6.07) is 8.83. The molecule has 2 aromatic heterocycles. The number of unbranched alkanes of at least 4 members (excludes halogenated alkanes) is 2. The molecule has 1 aromatic carbocycles. The molecule has 0 radical (unpaired) electrons. The highest BCUT2D eigenvalue weighted by atomic mass is 35.5. The largest absolute Gasteiger partial charge is 0.390 e. The predicted octanol–water partition coefficient (Wildman–Crippen LogP) is 3.50. The number of hydrogen-bond acceptors (Lipinski definition) is 3. The minimum absolute atomic E-state index is 0.180. The Kier molecular flexibility index (Phi) is 5.02. The summed E-state index contributed by atoms with van der Waals surface area (Å²) in [6.45, 7) is 2.69. The van der Waals surface area contributed by atoms with E-state index in [0.717, 1.165) is 31.4 Å². The van der Waals surface area contributed by atoms with Crippen LogP contribution in [0.2, 0.25) is 5.02 Å². The van der Waals surface area contributed by atoms with Gasteiger partial charge >= 0.3 is 0 Å². The normalized spacial score (nSPS) is 11.3. The smallest absolute Gasteiger partial charge is 0.259 e. The van der Waals surface area contributed by atoms with Gasteiger partial charge in [0.15, 0.2) is 0 Å². The van der Waals surface area contributed by atoms with Gasteiger partial charge in [0.25, 0.3) is 5.56 Å². The standard InChI is InChI=1S/C18H20ClN3O2/c1-2-3-4-9-21-15(12-23)10-17(24)22-11-16(20-18(21)22)13-5-7-14(19)8-6-13/h5-8,10-11,23H,2-4,9,12H2,1H3. The maximum atomic E-state index is 12.3. The molecule has 0 unspecified atom stereocenters. The molecule has 0 fully saturated rings. The molecule has 3 aromatic rings. The van der Waals surface area contributed by atoms with E-state index in [9.17, 15) is 9.90 Å². The second kappa shape index (κ2) is 7.20. The van der Waals surface area contributed by atoms with Crippen LogP contribution < -0.4 is 5.56 Å². The zero-order valence-corrected chi connectivity index (χ0v) is 14.3. The van der Waals surface area contributed by atoms with Gasteiger partial charge in [-0.2, -0.15) is 0 Å².